The second kappa shape index (κ2) is 7.92. The smallest absolute Gasteiger partial charge is 0.216 e. The van der Waals surface area contributed by atoms with Crippen LogP contribution in [0.4, 0.5) is 0 Å². The summed E-state index contributed by atoms with van der Waals surface area (Å²) in [6.07, 6.45) is 1.73. The molecule has 0 atom stereocenters. The van der Waals surface area contributed by atoms with Gasteiger partial charge in [0.1, 0.15) is 0 Å². The van der Waals surface area contributed by atoms with Crippen molar-refractivity contribution in [1.82, 2.24) is 14.9 Å². The van der Waals surface area contributed by atoms with E-state index >= 15 is 0 Å². The Morgan fingerprint density at radius 2 is 1.96 bits per heavy atom. The lowest BCUT2D eigenvalue weighted by Crippen LogP contribution is -2.02. The number of nitrogens with one attached hydrogen (secondary N) is 1. The van der Waals surface area contributed by atoms with Crippen molar-refractivity contribution in [3.05, 3.63) is 34.4 Å². The van der Waals surface area contributed by atoms with Crippen LogP contribution in [-0.4, -0.2) is 34.3 Å². The highest BCUT2D eigenvalue weighted by Crippen LogP contribution is 2.28. The van der Waals surface area contributed by atoms with Crippen LogP contribution in [0, 0.1) is 4.77 Å². The number of aromatic amines is 1. The monoisotopic (exact) mass is 334 g/mol. The second-order valence-electron chi connectivity index (χ2n) is 5.17. The zero-order chi connectivity index (χ0) is 16.8. The lowest BCUT2D eigenvalue weighted by atomic mass is 10.2. The Labute approximate surface area is 141 Å². The van der Waals surface area contributed by atoms with Gasteiger partial charge >= 0.3 is 0 Å². The minimum absolute atomic E-state index is 0.222. The Morgan fingerprint density at radius 3 is 2.61 bits per heavy atom. The molecule has 2 aromatic rings. The largest absolute Gasteiger partial charge is 0.490 e. The SMILES string of the molecule is CCOc1ccc(/C=N\n2c(C(C)C)n[nH]c2=S)cc1OCC. The Balaban J connectivity index is 2.31. The molecule has 0 aliphatic rings. The predicted molar refractivity (Wildman–Crippen MR) is 93.3 cm³/mol. The molecule has 6 nitrogen and oxygen atoms in total. The minimum atomic E-state index is 0.222. The Hall–Kier alpha value is -2.15. The lowest BCUT2D eigenvalue weighted by molar-refractivity contribution is 0.288. The lowest BCUT2D eigenvalue weighted by Gasteiger charge is -2.11. The third-order valence-corrected chi connectivity index (χ3v) is 3.35. The van der Waals surface area contributed by atoms with Crippen LogP contribution in [0.1, 0.15) is 45.0 Å². The zero-order valence-electron chi connectivity index (χ0n) is 13.9. The van der Waals surface area contributed by atoms with E-state index in [1.54, 1.807) is 10.9 Å². The fourth-order valence-corrected chi connectivity index (χ4v) is 2.25. The van der Waals surface area contributed by atoms with Crippen molar-refractivity contribution >= 4 is 18.4 Å². The first-order chi connectivity index (χ1) is 11.1. The van der Waals surface area contributed by atoms with E-state index in [-0.39, 0.29) is 5.92 Å². The maximum Gasteiger partial charge on any atom is 0.216 e. The van der Waals surface area contributed by atoms with Gasteiger partial charge in [-0.25, -0.2) is 0 Å². The van der Waals surface area contributed by atoms with Crippen LogP contribution in [0.3, 0.4) is 0 Å². The van der Waals surface area contributed by atoms with Crippen molar-refractivity contribution in [3.63, 3.8) is 0 Å². The van der Waals surface area contributed by atoms with Gasteiger partial charge in [-0.15, -0.1) is 0 Å². The summed E-state index contributed by atoms with van der Waals surface area (Å²) < 4.78 is 13.3. The van der Waals surface area contributed by atoms with E-state index in [1.165, 1.54) is 0 Å². The third kappa shape index (κ3) is 4.19. The number of H-pyrrole nitrogens is 1. The summed E-state index contributed by atoms with van der Waals surface area (Å²) >= 11 is 5.22. The van der Waals surface area contributed by atoms with Gasteiger partial charge in [-0.05, 0) is 49.8 Å². The molecule has 23 heavy (non-hydrogen) atoms. The first-order valence-corrected chi connectivity index (χ1v) is 8.08. The quantitative estimate of drug-likeness (QED) is 0.619. The van der Waals surface area contributed by atoms with Gasteiger partial charge in [0.25, 0.3) is 0 Å². The predicted octanol–water partition coefficient (Wildman–Crippen LogP) is 3.74. The van der Waals surface area contributed by atoms with Crippen molar-refractivity contribution in [1.29, 1.82) is 0 Å². The molecule has 124 valence electrons. The average Bonchev–Trinajstić information content (AvgIpc) is 2.89. The van der Waals surface area contributed by atoms with Crippen molar-refractivity contribution in [3.8, 4) is 11.5 Å². The van der Waals surface area contributed by atoms with Gasteiger partial charge in [-0.2, -0.15) is 14.9 Å². The van der Waals surface area contributed by atoms with Gasteiger partial charge in [0.15, 0.2) is 17.3 Å². The van der Waals surface area contributed by atoms with Crippen LogP contribution < -0.4 is 9.47 Å². The van der Waals surface area contributed by atoms with E-state index < -0.39 is 0 Å². The van der Waals surface area contributed by atoms with Crippen LogP contribution >= 0.6 is 12.2 Å². The van der Waals surface area contributed by atoms with Crippen LogP contribution in [0.15, 0.2) is 23.3 Å². The summed E-state index contributed by atoms with van der Waals surface area (Å²) in [6.45, 7) is 9.14. The number of aromatic nitrogens is 3. The van der Waals surface area contributed by atoms with E-state index in [2.05, 4.69) is 15.3 Å². The van der Waals surface area contributed by atoms with Gasteiger partial charge < -0.3 is 9.47 Å². The average molecular weight is 334 g/mol. The number of benzene rings is 1. The molecule has 7 heteroatoms. The highest BCUT2D eigenvalue weighted by atomic mass is 32.1. The molecule has 0 unspecified atom stereocenters. The maximum absolute atomic E-state index is 5.62. The topological polar surface area (TPSA) is 64.4 Å². The molecule has 1 aromatic carbocycles. The Bertz CT molecular complexity index is 734. The molecule has 1 aromatic heterocycles. The fraction of sp³-hybridized carbons (Fsp3) is 0.438. The Kier molecular flexibility index (Phi) is 5.92. The molecule has 1 heterocycles. The molecule has 0 aliphatic carbocycles. The summed E-state index contributed by atoms with van der Waals surface area (Å²) in [4.78, 5) is 0. The van der Waals surface area contributed by atoms with Gasteiger partial charge in [0.05, 0.1) is 19.4 Å². The van der Waals surface area contributed by atoms with Crippen LogP contribution in [0.2, 0.25) is 0 Å². The molecule has 0 amide bonds. The number of nitrogens with zero attached hydrogens (tertiary/aromatic N) is 3. The molecule has 0 fully saturated rings. The molecule has 2 rings (SSSR count). The van der Waals surface area contributed by atoms with Gasteiger partial charge in [0, 0.05) is 5.92 Å². The summed E-state index contributed by atoms with van der Waals surface area (Å²) in [6, 6.07) is 5.71. The first-order valence-electron chi connectivity index (χ1n) is 7.68. The highest BCUT2D eigenvalue weighted by molar-refractivity contribution is 7.71. The normalized spacial score (nSPS) is 11.3. The molecule has 1 N–H and O–H groups in total. The standard InChI is InChI=1S/C16H22N4O2S/c1-5-21-13-8-7-12(9-14(13)22-6-2)10-17-20-15(11(3)4)18-19-16(20)23/h7-11H,5-6H2,1-4H3,(H,19,23)/b17-10-. The van der Waals surface area contributed by atoms with Crippen molar-refractivity contribution in [2.75, 3.05) is 13.2 Å². The molecule has 0 bridgehead atoms. The van der Waals surface area contributed by atoms with Crippen LogP contribution in [0.5, 0.6) is 11.5 Å². The minimum Gasteiger partial charge on any atom is -0.490 e. The second-order valence-corrected chi connectivity index (χ2v) is 5.56. The van der Waals surface area contributed by atoms with Gasteiger partial charge in [0.2, 0.25) is 4.77 Å². The number of hydrogen-bond acceptors (Lipinski definition) is 5. The fourth-order valence-electron chi connectivity index (χ4n) is 2.06. The van der Waals surface area contributed by atoms with E-state index in [4.69, 9.17) is 21.7 Å². The summed E-state index contributed by atoms with van der Waals surface area (Å²) in [7, 11) is 0. The molecular formula is C16H22N4O2S. The number of ether oxygens (including phenoxy) is 2. The Morgan fingerprint density at radius 1 is 1.26 bits per heavy atom. The maximum atomic E-state index is 5.62. The molecule has 0 radical (unpaired) electrons. The van der Waals surface area contributed by atoms with Crippen molar-refractivity contribution < 1.29 is 9.47 Å². The molecule has 0 saturated carbocycles. The van der Waals surface area contributed by atoms with Crippen LogP contribution in [-0.2, 0) is 0 Å². The van der Waals surface area contributed by atoms with Gasteiger partial charge in [-0.3, -0.25) is 5.10 Å². The van der Waals surface area contributed by atoms with E-state index in [9.17, 15) is 0 Å². The molecular weight excluding hydrogens is 312 g/mol. The van der Waals surface area contributed by atoms with Crippen molar-refractivity contribution in [2.24, 2.45) is 5.10 Å². The summed E-state index contributed by atoms with van der Waals surface area (Å²) in [5, 5.41) is 11.4. The van der Waals surface area contributed by atoms with Crippen molar-refractivity contribution in [2.45, 2.75) is 33.6 Å². The number of rotatable bonds is 7. The molecule has 0 saturated heterocycles. The van der Waals surface area contributed by atoms with E-state index in [1.807, 2.05) is 45.9 Å². The molecule has 0 aliphatic heterocycles. The van der Waals surface area contributed by atoms with Crippen LogP contribution in [0.25, 0.3) is 0 Å². The summed E-state index contributed by atoms with van der Waals surface area (Å²) in [5.41, 5.74) is 0.898. The van der Waals surface area contributed by atoms with E-state index in [0.29, 0.717) is 23.7 Å². The third-order valence-electron chi connectivity index (χ3n) is 3.08. The number of hydrogen-bond donors (Lipinski definition) is 1. The first kappa shape index (κ1) is 17.2. The van der Waals surface area contributed by atoms with Gasteiger partial charge in [-0.1, -0.05) is 13.8 Å². The van der Waals surface area contributed by atoms with E-state index in [0.717, 1.165) is 17.1 Å². The molecule has 0 spiro atoms. The zero-order valence-corrected chi connectivity index (χ0v) is 14.7. The highest BCUT2D eigenvalue weighted by Gasteiger charge is 2.09. The summed E-state index contributed by atoms with van der Waals surface area (Å²) in [5.74, 6) is 2.45.